The van der Waals surface area contributed by atoms with Crippen LogP contribution in [0.2, 0.25) is 5.02 Å². The van der Waals surface area contributed by atoms with Gasteiger partial charge >= 0.3 is 0 Å². The SMILES string of the molecule is CC(=O)n1c2cccc(Cl)c2c2cccnc21. The lowest BCUT2D eigenvalue weighted by Crippen LogP contribution is -2.05. The van der Waals surface area contributed by atoms with Gasteiger partial charge in [0.1, 0.15) is 5.65 Å². The first-order valence-corrected chi connectivity index (χ1v) is 5.62. The number of benzene rings is 1. The van der Waals surface area contributed by atoms with Crippen LogP contribution in [0.5, 0.6) is 0 Å². The molecule has 17 heavy (non-hydrogen) atoms. The number of hydrogen-bond acceptors (Lipinski definition) is 2. The van der Waals surface area contributed by atoms with E-state index in [-0.39, 0.29) is 5.91 Å². The molecule has 4 heteroatoms. The summed E-state index contributed by atoms with van der Waals surface area (Å²) in [6.07, 6.45) is 1.68. The molecule has 84 valence electrons. The van der Waals surface area contributed by atoms with E-state index in [9.17, 15) is 4.79 Å². The molecule has 0 N–H and O–H groups in total. The molecule has 3 aromatic rings. The number of carbonyl (C=O) groups excluding carboxylic acids is 1. The highest BCUT2D eigenvalue weighted by Crippen LogP contribution is 2.32. The third-order valence-electron chi connectivity index (χ3n) is 2.82. The fourth-order valence-electron chi connectivity index (χ4n) is 2.17. The molecule has 0 spiro atoms. The van der Waals surface area contributed by atoms with Gasteiger partial charge in [-0.15, -0.1) is 0 Å². The molecule has 0 atom stereocenters. The number of fused-ring (bicyclic) bond motifs is 3. The van der Waals surface area contributed by atoms with Crippen LogP contribution < -0.4 is 0 Å². The molecule has 2 heterocycles. The van der Waals surface area contributed by atoms with Crippen LogP contribution in [0.25, 0.3) is 21.9 Å². The standard InChI is InChI=1S/C13H9ClN2O/c1-8(17)16-11-6-2-5-10(14)12(11)9-4-3-7-15-13(9)16/h2-7H,1H3. The second kappa shape index (κ2) is 3.57. The Labute approximate surface area is 103 Å². The Balaban J connectivity index is 2.67. The van der Waals surface area contributed by atoms with Crippen molar-refractivity contribution in [2.45, 2.75) is 6.92 Å². The predicted molar refractivity (Wildman–Crippen MR) is 68.5 cm³/mol. The van der Waals surface area contributed by atoms with E-state index in [1.54, 1.807) is 10.8 Å². The molecule has 3 nitrogen and oxygen atoms in total. The molecule has 3 rings (SSSR count). The molecule has 0 radical (unpaired) electrons. The Kier molecular flexibility index (Phi) is 2.16. The van der Waals surface area contributed by atoms with E-state index in [0.717, 1.165) is 16.3 Å². The smallest absolute Gasteiger partial charge is 0.229 e. The molecule has 0 aliphatic rings. The minimum Gasteiger partial charge on any atom is -0.274 e. The maximum absolute atomic E-state index is 11.7. The summed E-state index contributed by atoms with van der Waals surface area (Å²) >= 11 is 6.20. The summed E-state index contributed by atoms with van der Waals surface area (Å²) in [4.78, 5) is 16.0. The highest BCUT2D eigenvalue weighted by molar-refractivity contribution is 6.38. The maximum Gasteiger partial charge on any atom is 0.229 e. The first-order valence-electron chi connectivity index (χ1n) is 5.25. The Hall–Kier alpha value is -1.87. The average Bonchev–Trinajstić information content (AvgIpc) is 2.64. The van der Waals surface area contributed by atoms with Gasteiger partial charge < -0.3 is 0 Å². The first-order chi connectivity index (χ1) is 8.20. The van der Waals surface area contributed by atoms with Crippen molar-refractivity contribution in [3.63, 3.8) is 0 Å². The Morgan fingerprint density at radius 1 is 1.29 bits per heavy atom. The zero-order valence-electron chi connectivity index (χ0n) is 9.14. The third kappa shape index (κ3) is 1.36. The van der Waals surface area contributed by atoms with Gasteiger partial charge in [-0.3, -0.25) is 9.36 Å². The van der Waals surface area contributed by atoms with Crippen molar-refractivity contribution < 1.29 is 4.79 Å². The van der Waals surface area contributed by atoms with Crippen LogP contribution in [0.1, 0.15) is 11.7 Å². The first kappa shape index (κ1) is 10.3. The highest BCUT2D eigenvalue weighted by atomic mass is 35.5. The minimum atomic E-state index is -0.0639. The predicted octanol–water partition coefficient (Wildman–Crippen LogP) is 3.50. The van der Waals surface area contributed by atoms with Crippen LogP contribution >= 0.6 is 11.6 Å². The summed E-state index contributed by atoms with van der Waals surface area (Å²) in [7, 11) is 0. The fourth-order valence-corrected chi connectivity index (χ4v) is 2.44. The minimum absolute atomic E-state index is 0.0639. The van der Waals surface area contributed by atoms with Gasteiger partial charge in [0, 0.05) is 23.9 Å². The Morgan fingerprint density at radius 2 is 2.12 bits per heavy atom. The van der Waals surface area contributed by atoms with E-state index >= 15 is 0 Å². The second-order valence-corrected chi connectivity index (χ2v) is 4.27. The van der Waals surface area contributed by atoms with E-state index < -0.39 is 0 Å². The van der Waals surface area contributed by atoms with Gasteiger partial charge in [0.25, 0.3) is 0 Å². The topological polar surface area (TPSA) is 34.9 Å². The largest absolute Gasteiger partial charge is 0.274 e. The summed E-state index contributed by atoms with van der Waals surface area (Å²) in [5.41, 5.74) is 1.46. The molecule has 1 aromatic carbocycles. The van der Waals surface area contributed by atoms with E-state index in [1.807, 2.05) is 30.3 Å². The van der Waals surface area contributed by atoms with Gasteiger partial charge in [-0.2, -0.15) is 0 Å². The highest BCUT2D eigenvalue weighted by Gasteiger charge is 2.15. The lowest BCUT2D eigenvalue weighted by Gasteiger charge is -1.99. The third-order valence-corrected chi connectivity index (χ3v) is 3.13. The van der Waals surface area contributed by atoms with Crippen LogP contribution in [-0.4, -0.2) is 15.5 Å². The summed E-state index contributed by atoms with van der Waals surface area (Å²) in [5, 5.41) is 2.43. The van der Waals surface area contributed by atoms with Crippen LogP contribution in [-0.2, 0) is 0 Å². The van der Waals surface area contributed by atoms with Gasteiger partial charge in [0.15, 0.2) is 0 Å². The van der Waals surface area contributed by atoms with Crippen LogP contribution in [0, 0.1) is 0 Å². The molecule has 2 aromatic heterocycles. The van der Waals surface area contributed by atoms with Crippen molar-refractivity contribution in [3.8, 4) is 0 Å². The van der Waals surface area contributed by atoms with Gasteiger partial charge in [-0.25, -0.2) is 4.98 Å². The number of halogens is 1. The zero-order valence-corrected chi connectivity index (χ0v) is 9.90. The van der Waals surface area contributed by atoms with Crippen molar-refractivity contribution in [1.82, 2.24) is 9.55 Å². The number of aromatic nitrogens is 2. The molecule has 0 saturated carbocycles. The zero-order chi connectivity index (χ0) is 12.0. The van der Waals surface area contributed by atoms with Gasteiger partial charge in [0.2, 0.25) is 5.91 Å². The number of hydrogen-bond donors (Lipinski definition) is 0. The summed E-state index contributed by atoms with van der Waals surface area (Å²) < 4.78 is 1.59. The average molecular weight is 245 g/mol. The monoisotopic (exact) mass is 244 g/mol. The lowest BCUT2D eigenvalue weighted by atomic mass is 10.2. The van der Waals surface area contributed by atoms with Crippen LogP contribution in [0.15, 0.2) is 36.5 Å². The lowest BCUT2D eigenvalue weighted by molar-refractivity contribution is 0.0946. The molecule has 0 aliphatic heterocycles. The summed E-state index contributed by atoms with van der Waals surface area (Å²) in [6.45, 7) is 1.52. The van der Waals surface area contributed by atoms with E-state index in [4.69, 9.17) is 11.6 Å². The van der Waals surface area contributed by atoms with Crippen molar-refractivity contribution in [2.75, 3.05) is 0 Å². The molecule has 0 unspecified atom stereocenters. The number of nitrogens with zero attached hydrogens (tertiary/aromatic N) is 2. The number of rotatable bonds is 0. The Bertz CT molecular complexity index is 746. The quantitative estimate of drug-likeness (QED) is 0.607. The molecule has 0 fully saturated rings. The molecule has 0 bridgehead atoms. The molecule has 0 amide bonds. The molecule has 0 saturated heterocycles. The summed E-state index contributed by atoms with van der Waals surface area (Å²) in [5.74, 6) is -0.0639. The van der Waals surface area contributed by atoms with Gasteiger partial charge in [-0.05, 0) is 24.3 Å². The van der Waals surface area contributed by atoms with Crippen molar-refractivity contribution >= 4 is 39.4 Å². The van der Waals surface area contributed by atoms with Gasteiger partial charge in [0.05, 0.1) is 10.5 Å². The van der Waals surface area contributed by atoms with E-state index in [0.29, 0.717) is 10.7 Å². The van der Waals surface area contributed by atoms with Gasteiger partial charge in [-0.1, -0.05) is 17.7 Å². The molecular formula is C13H9ClN2O. The molecular weight excluding hydrogens is 236 g/mol. The fraction of sp³-hybridized carbons (Fsp3) is 0.0769. The van der Waals surface area contributed by atoms with Crippen LogP contribution in [0.3, 0.4) is 0 Å². The van der Waals surface area contributed by atoms with Crippen LogP contribution in [0.4, 0.5) is 0 Å². The summed E-state index contributed by atoms with van der Waals surface area (Å²) in [6, 6.07) is 9.31. The number of pyridine rings is 1. The van der Waals surface area contributed by atoms with E-state index in [2.05, 4.69) is 4.98 Å². The second-order valence-electron chi connectivity index (χ2n) is 3.86. The normalized spacial score (nSPS) is 11.2. The molecule has 0 aliphatic carbocycles. The van der Waals surface area contributed by atoms with E-state index in [1.165, 1.54) is 6.92 Å². The van der Waals surface area contributed by atoms with Crippen molar-refractivity contribution in [1.29, 1.82) is 0 Å². The Morgan fingerprint density at radius 3 is 2.88 bits per heavy atom. The maximum atomic E-state index is 11.7. The number of carbonyl (C=O) groups is 1. The van der Waals surface area contributed by atoms with Crippen molar-refractivity contribution in [2.24, 2.45) is 0 Å². The van der Waals surface area contributed by atoms with Crippen molar-refractivity contribution in [3.05, 3.63) is 41.6 Å².